The minimum absolute atomic E-state index is 0.0445. The van der Waals surface area contributed by atoms with E-state index >= 15 is 0 Å². The number of aryl methyl sites for hydroxylation is 2. The van der Waals surface area contributed by atoms with Gasteiger partial charge < -0.3 is 5.73 Å². The van der Waals surface area contributed by atoms with Crippen molar-refractivity contribution in [2.75, 3.05) is 5.73 Å². The molecule has 0 saturated heterocycles. The van der Waals surface area contributed by atoms with Gasteiger partial charge in [0.15, 0.2) is 5.13 Å². The first kappa shape index (κ1) is 10.8. The van der Waals surface area contributed by atoms with Gasteiger partial charge in [0.2, 0.25) is 0 Å². The molecule has 2 N–H and O–H groups in total. The van der Waals surface area contributed by atoms with E-state index in [-0.39, 0.29) is 5.56 Å². The monoisotopic (exact) mass is 236 g/mol. The summed E-state index contributed by atoms with van der Waals surface area (Å²) in [6.07, 6.45) is 1.69. The zero-order valence-electron chi connectivity index (χ0n) is 9.10. The van der Waals surface area contributed by atoms with Crippen LogP contribution >= 0.6 is 11.3 Å². The van der Waals surface area contributed by atoms with E-state index in [1.165, 1.54) is 17.4 Å². The maximum atomic E-state index is 11.7. The van der Waals surface area contributed by atoms with Crippen LogP contribution in [0.4, 0.5) is 5.13 Å². The summed E-state index contributed by atoms with van der Waals surface area (Å²) in [7, 11) is 0. The summed E-state index contributed by atoms with van der Waals surface area (Å²) in [6.45, 7) is 4.11. The largest absolute Gasteiger partial charge is 0.375 e. The first-order valence-corrected chi connectivity index (χ1v) is 5.63. The molecule has 5 nitrogen and oxygen atoms in total. The molecule has 0 aliphatic rings. The standard InChI is InChI=1S/C10H12N4OS/c1-6-3-9(15)14(7(2)13-6)5-8-4-12-10(11)16-8/h3-4H,5H2,1-2H3,(H2,11,12). The van der Waals surface area contributed by atoms with E-state index in [1.807, 2.05) is 13.8 Å². The average molecular weight is 236 g/mol. The van der Waals surface area contributed by atoms with Crippen LogP contribution in [0.25, 0.3) is 0 Å². The summed E-state index contributed by atoms with van der Waals surface area (Å²) in [5, 5.41) is 0.515. The van der Waals surface area contributed by atoms with Crippen molar-refractivity contribution < 1.29 is 0 Å². The Hall–Kier alpha value is -1.69. The molecule has 2 rings (SSSR count). The van der Waals surface area contributed by atoms with Gasteiger partial charge in [-0.1, -0.05) is 0 Å². The van der Waals surface area contributed by atoms with Gasteiger partial charge in [0, 0.05) is 22.8 Å². The number of nitrogens with zero attached hydrogens (tertiary/aromatic N) is 3. The number of rotatable bonds is 2. The van der Waals surface area contributed by atoms with Gasteiger partial charge in [0.05, 0.1) is 6.54 Å². The molecular formula is C10H12N4OS. The molecule has 84 valence electrons. The third-order valence-electron chi connectivity index (χ3n) is 2.21. The molecule has 0 saturated carbocycles. The third-order valence-corrected chi connectivity index (χ3v) is 3.02. The molecule has 6 heteroatoms. The highest BCUT2D eigenvalue weighted by Crippen LogP contribution is 2.15. The maximum absolute atomic E-state index is 11.7. The Labute approximate surface area is 96.6 Å². The summed E-state index contributed by atoms with van der Waals surface area (Å²) in [5.74, 6) is 0.706. The minimum Gasteiger partial charge on any atom is -0.375 e. The van der Waals surface area contributed by atoms with Crippen molar-refractivity contribution in [2.24, 2.45) is 0 Å². The van der Waals surface area contributed by atoms with Gasteiger partial charge in [0.1, 0.15) is 5.82 Å². The van der Waals surface area contributed by atoms with Crippen LogP contribution < -0.4 is 11.3 Å². The van der Waals surface area contributed by atoms with E-state index in [2.05, 4.69) is 9.97 Å². The summed E-state index contributed by atoms with van der Waals surface area (Å²) in [5.41, 5.74) is 6.23. The Morgan fingerprint density at radius 3 is 2.81 bits per heavy atom. The van der Waals surface area contributed by atoms with E-state index in [0.29, 0.717) is 17.5 Å². The minimum atomic E-state index is -0.0445. The molecule has 0 atom stereocenters. The van der Waals surface area contributed by atoms with Crippen molar-refractivity contribution in [1.29, 1.82) is 0 Å². The zero-order chi connectivity index (χ0) is 11.7. The first-order chi connectivity index (χ1) is 7.56. The molecule has 0 aliphatic heterocycles. The van der Waals surface area contributed by atoms with Crippen LogP contribution in [0.3, 0.4) is 0 Å². The number of nitrogens with two attached hydrogens (primary N) is 1. The Balaban J connectivity index is 2.38. The van der Waals surface area contributed by atoms with Crippen molar-refractivity contribution >= 4 is 16.5 Å². The topological polar surface area (TPSA) is 73.8 Å². The molecule has 0 bridgehead atoms. The van der Waals surface area contributed by atoms with Gasteiger partial charge in [-0.3, -0.25) is 9.36 Å². The predicted octanol–water partition coefficient (Wildman–Crippen LogP) is 0.947. The molecule has 0 fully saturated rings. The lowest BCUT2D eigenvalue weighted by Crippen LogP contribution is -2.23. The number of anilines is 1. The van der Waals surface area contributed by atoms with Gasteiger partial charge in [-0.15, -0.1) is 11.3 Å². The van der Waals surface area contributed by atoms with Crippen molar-refractivity contribution in [1.82, 2.24) is 14.5 Å². The van der Waals surface area contributed by atoms with E-state index in [4.69, 9.17) is 5.73 Å². The van der Waals surface area contributed by atoms with Crippen LogP contribution in [0.2, 0.25) is 0 Å². The lowest BCUT2D eigenvalue weighted by Gasteiger charge is -2.07. The van der Waals surface area contributed by atoms with Crippen LogP contribution in [0.15, 0.2) is 17.1 Å². The Morgan fingerprint density at radius 2 is 2.25 bits per heavy atom. The van der Waals surface area contributed by atoms with Crippen molar-refractivity contribution in [2.45, 2.75) is 20.4 Å². The molecule has 0 aromatic carbocycles. The van der Waals surface area contributed by atoms with E-state index < -0.39 is 0 Å². The number of nitrogen functional groups attached to an aromatic ring is 1. The SMILES string of the molecule is Cc1cc(=O)n(Cc2cnc(N)s2)c(C)n1. The first-order valence-electron chi connectivity index (χ1n) is 4.81. The molecule has 0 amide bonds. The quantitative estimate of drug-likeness (QED) is 0.842. The fourth-order valence-corrected chi connectivity index (χ4v) is 2.18. The molecule has 0 spiro atoms. The van der Waals surface area contributed by atoms with Crippen molar-refractivity contribution in [3.63, 3.8) is 0 Å². The average Bonchev–Trinajstić information content (AvgIpc) is 2.58. The van der Waals surface area contributed by atoms with Gasteiger partial charge >= 0.3 is 0 Å². The molecule has 0 radical (unpaired) electrons. The highest BCUT2D eigenvalue weighted by Gasteiger charge is 2.05. The lowest BCUT2D eigenvalue weighted by atomic mass is 10.4. The second-order valence-electron chi connectivity index (χ2n) is 3.53. The number of hydrogen-bond donors (Lipinski definition) is 1. The Bertz CT molecular complexity index is 572. The zero-order valence-corrected chi connectivity index (χ0v) is 9.91. The normalized spacial score (nSPS) is 10.6. The summed E-state index contributed by atoms with van der Waals surface area (Å²) >= 11 is 1.38. The lowest BCUT2D eigenvalue weighted by molar-refractivity contribution is 0.700. The highest BCUT2D eigenvalue weighted by atomic mass is 32.1. The van der Waals surface area contributed by atoms with E-state index in [0.717, 1.165) is 10.6 Å². The smallest absolute Gasteiger partial charge is 0.254 e. The predicted molar refractivity (Wildman–Crippen MR) is 63.6 cm³/mol. The summed E-state index contributed by atoms with van der Waals surface area (Å²) in [4.78, 5) is 20.9. The second kappa shape index (κ2) is 4.05. The number of thiazole rings is 1. The van der Waals surface area contributed by atoms with Gasteiger partial charge in [-0.05, 0) is 13.8 Å². The maximum Gasteiger partial charge on any atom is 0.254 e. The van der Waals surface area contributed by atoms with Gasteiger partial charge in [-0.2, -0.15) is 0 Å². The fraction of sp³-hybridized carbons (Fsp3) is 0.300. The fourth-order valence-electron chi connectivity index (χ4n) is 1.51. The van der Waals surface area contributed by atoms with E-state index in [9.17, 15) is 4.79 Å². The number of aromatic nitrogens is 3. The molecule has 0 unspecified atom stereocenters. The van der Waals surface area contributed by atoms with Crippen LogP contribution in [-0.4, -0.2) is 14.5 Å². The molecule has 0 aliphatic carbocycles. The number of hydrogen-bond acceptors (Lipinski definition) is 5. The van der Waals surface area contributed by atoms with Crippen LogP contribution in [0.5, 0.6) is 0 Å². The molecule has 2 heterocycles. The molecule has 2 aromatic rings. The summed E-state index contributed by atoms with van der Waals surface area (Å²) < 4.78 is 1.61. The Morgan fingerprint density at radius 1 is 1.50 bits per heavy atom. The second-order valence-corrected chi connectivity index (χ2v) is 4.68. The van der Waals surface area contributed by atoms with Gasteiger partial charge in [-0.25, -0.2) is 9.97 Å². The Kier molecular flexibility index (Phi) is 2.74. The highest BCUT2D eigenvalue weighted by molar-refractivity contribution is 7.15. The molecular weight excluding hydrogens is 224 g/mol. The van der Waals surface area contributed by atoms with Crippen molar-refractivity contribution in [3.8, 4) is 0 Å². The van der Waals surface area contributed by atoms with E-state index in [1.54, 1.807) is 10.8 Å². The van der Waals surface area contributed by atoms with Gasteiger partial charge in [0.25, 0.3) is 5.56 Å². The van der Waals surface area contributed by atoms with Crippen molar-refractivity contribution in [3.05, 3.63) is 39.0 Å². The van der Waals surface area contributed by atoms with Crippen LogP contribution in [0, 0.1) is 13.8 Å². The summed E-state index contributed by atoms with van der Waals surface area (Å²) in [6, 6.07) is 1.53. The third kappa shape index (κ3) is 2.11. The van der Waals surface area contributed by atoms with Crippen LogP contribution in [-0.2, 0) is 6.54 Å². The molecule has 16 heavy (non-hydrogen) atoms. The van der Waals surface area contributed by atoms with Crippen LogP contribution in [0.1, 0.15) is 16.4 Å². The molecule has 2 aromatic heterocycles.